The Kier molecular flexibility index (Phi) is 3.17. The summed E-state index contributed by atoms with van der Waals surface area (Å²) in [6, 6.07) is 5.22. The average molecular weight is 288 g/mol. The molecule has 0 saturated heterocycles. The van der Waals surface area contributed by atoms with Gasteiger partial charge in [-0.3, -0.25) is 9.48 Å². The number of rotatable bonds is 3. The zero-order chi connectivity index (χ0) is 15.0. The zero-order valence-corrected chi connectivity index (χ0v) is 11.8. The molecule has 0 radical (unpaired) electrons. The van der Waals surface area contributed by atoms with Gasteiger partial charge in [-0.2, -0.15) is 5.10 Å². The van der Waals surface area contributed by atoms with Gasteiger partial charge in [-0.05, 0) is 19.9 Å². The molecule has 0 aliphatic carbocycles. The van der Waals surface area contributed by atoms with Crippen LogP contribution in [0.3, 0.4) is 0 Å². The predicted octanol–water partition coefficient (Wildman–Crippen LogP) is 1.45. The van der Waals surface area contributed by atoms with Gasteiger partial charge < -0.3 is 20.5 Å². The van der Waals surface area contributed by atoms with E-state index in [9.17, 15) is 4.79 Å². The molecule has 0 unspecified atom stereocenters. The number of ether oxygens (including phenoxy) is 2. The van der Waals surface area contributed by atoms with Crippen molar-refractivity contribution in [1.29, 1.82) is 0 Å². The Bertz CT molecular complexity index is 708. The van der Waals surface area contributed by atoms with Crippen molar-refractivity contribution >= 4 is 17.3 Å². The van der Waals surface area contributed by atoms with E-state index < -0.39 is 0 Å². The number of aryl methyl sites for hydroxylation is 2. The third-order valence-corrected chi connectivity index (χ3v) is 3.22. The van der Waals surface area contributed by atoms with Crippen LogP contribution < -0.4 is 20.5 Å². The highest BCUT2D eigenvalue weighted by Gasteiger charge is 2.17. The number of benzene rings is 1. The Morgan fingerprint density at radius 2 is 2.05 bits per heavy atom. The summed E-state index contributed by atoms with van der Waals surface area (Å²) in [4.78, 5) is 12.1. The smallest absolute Gasteiger partial charge is 0.246 e. The molecule has 0 spiro atoms. The number of hydrogen-bond donors (Lipinski definition) is 2. The molecule has 3 rings (SSSR count). The minimum absolute atomic E-state index is 0.132. The summed E-state index contributed by atoms with van der Waals surface area (Å²) in [7, 11) is 0. The number of nitrogens with zero attached hydrogens (tertiary/aromatic N) is 2. The Balaban J connectivity index is 1.74. The van der Waals surface area contributed by atoms with Crippen molar-refractivity contribution in [2.75, 3.05) is 17.8 Å². The van der Waals surface area contributed by atoms with Crippen molar-refractivity contribution in [2.45, 2.75) is 20.4 Å². The predicted molar refractivity (Wildman–Crippen MR) is 77.3 cm³/mol. The van der Waals surface area contributed by atoms with Gasteiger partial charge in [0.05, 0.1) is 17.1 Å². The summed E-state index contributed by atoms with van der Waals surface area (Å²) in [6.45, 7) is 4.09. The highest BCUT2D eigenvalue weighted by molar-refractivity contribution is 5.94. The molecule has 0 atom stereocenters. The first-order valence-corrected chi connectivity index (χ1v) is 6.53. The van der Waals surface area contributed by atoms with Gasteiger partial charge in [0, 0.05) is 17.8 Å². The number of nitrogens with two attached hydrogens (primary N) is 1. The van der Waals surface area contributed by atoms with E-state index in [0.29, 0.717) is 22.9 Å². The first-order valence-electron chi connectivity index (χ1n) is 6.53. The molecule has 1 aliphatic rings. The van der Waals surface area contributed by atoms with Crippen molar-refractivity contribution in [3.05, 3.63) is 29.6 Å². The highest BCUT2D eigenvalue weighted by atomic mass is 16.7. The van der Waals surface area contributed by atoms with Gasteiger partial charge in [0.25, 0.3) is 0 Å². The SMILES string of the molecule is Cc1cc(C)n(CC(=O)Nc2cc3c(cc2N)OCO3)n1. The number of carbonyl (C=O) groups is 1. The lowest BCUT2D eigenvalue weighted by Gasteiger charge is -2.10. The van der Waals surface area contributed by atoms with Gasteiger partial charge in [-0.15, -0.1) is 0 Å². The topological polar surface area (TPSA) is 91.4 Å². The van der Waals surface area contributed by atoms with E-state index in [-0.39, 0.29) is 19.2 Å². The van der Waals surface area contributed by atoms with Crippen LogP contribution in [0.15, 0.2) is 18.2 Å². The molecule has 1 aliphatic heterocycles. The Hall–Kier alpha value is -2.70. The van der Waals surface area contributed by atoms with Gasteiger partial charge in [-0.1, -0.05) is 0 Å². The van der Waals surface area contributed by atoms with E-state index in [4.69, 9.17) is 15.2 Å². The standard InChI is InChI=1S/C14H16N4O3/c1-8-3-9(2)18(17-8)6-14(19)16-11-5-13-12(4-10(11)15)20-7-21-13/h3-5H,6-7,15H2,1-2H3,(H,16,19). The van der Waals surface area contributed by atoms with Crippen LogP contribution >= 0.6 is 0 Å². The molecule has 1 amide bonds. The quantitative estimate of drug-likeness (QED) is 0.834. The van der Waals surface area contributed by atoms with Crippen LogP contribution in [0.4, 0.5) is 11.4 Å². The number of carbonyl (C=O) groups excluding carboxylic acids is 1. The lowest BCUT2D eigenvalue weighted by Crippen LogP contribution is -2.20. The fourth-order valence-electron chi connectivity index (χ4n) is 2.23. The van der Waals surface area contributed by atoms with Crippen LogP contribution in [-0.4, -0.2) is 22.5 Å². The monoisotopic (exact) mass is 288 g/mol. The van der Waals surface area contributed by atoms with Gasteiger partial charge in [0.2, 0.25) is 12.7 Å². The molecule has 21 heavy (non-hydrogen) atoms. The van der Waals surface area contributed by atoms with Crippen molar-refractivity contribution in [2.24, 2.45) is 0 Å². The largest absolute Gasteiger partial charge is 0.454 e. The van der Waals surface area contributed by atoms with Crippen LogP contribution in [0.1, 0.15) is 11.4 Å². The lowest BCUT2D eigenvalue weighted by molar-refractivity contribution is -0.116. The van der Waals surface area contributed by atoms with E-state index >= 15 is 0 Å². The third-order valence-electron chi connectivity index (χ3n) is 3.22. The van der Waals surface area contributed by atoms with Crippen molar-refractivity contribution in [1.82, 2.24) is 9.78 Å². The maximum Gasteiger partial charge on any atom is 0.246 e. The summed E-state index contributed by atoms with van der Waals surface area (Å²) < 4.78 is 12.1. The van der Waals surface area contributed by atoms with E-state index in [1.807, 2.05) is 19.9 Å². The number of nitrogens with one attached hydrogen (secondary N) is 1. The summed E-state index contributed by atoms with van der Waals surface area (Å²) in [5.41, 5.74) is 8.64. The molecular formula is C14H16N4O3. The molecule has 110 valence electrons. The van der Waals surface area contributed by atoms with Crippen molar-refractivity contribution < 1.29 is 14.3 Å². The molecule has 0 fully saturated rings. The summed E-state index contributed by atoms with van der Waals surface area (Å²) in [6.07, 6.45) is 0. The molecule has 7 nitrogen and oxygen atoms in total. The van der Waals surface area contributed by atoms with Crippen LogP contribution in [0.2, 0.25) is 0 Å². The average Bonchev–Trinajstić information content (AvgIpc) is 2.96. The van der Waals surface area contributed by atoms with E-state index in [1.165, 1.54) is 0 Å². The molecule has 2 aromatic rings. The number of aromatic nitrogens is 2. The second kappa shape index (κ2) is 5.01. The van der Waals surface area contributed by atoms with Gasteiger partial charge in [0.1, 0.15) is 6.54 Å². The van der Waals surface area contributed by atoms with Crippen molar-refractivity contribution in [3.8, 4) is 11.5 Å². The maximum atomic E-state index is 12.1. The summed E-state index contributed by atoms with van der Waals surface area (Å²) in [5, 5.41) is 7.02. The Labute approximate surface area is 121 Å². The van der Waals surface area contributed by atoms with E-state index in [1.54, 1.807) is 16.8 Å². The number of anilines is 2. The molecule has 3 N–H and O–H groups in total. The van der Waals surface area contributed by atoms with E-state index in [0.717, 1.165) is 11.4 Å². The third kappa shape index (κ3) is 2.62. The minimum Gasteiger partial charge on any atom is -0.454 e. The number of hydrogen-bond acceptors (Lipinski definition) is 5. The molecule has 2 heterocycles. The zero-order valence-electron chi connectivity index (χ0n) is 11.8. The second-order valence-electron chi connectivity index (χ2n) is 4.93. The maximum absolute atomic E-state index is 12.1. The van der Waals surface area contributed by atoms with Crippen molar-refractivity contribution in [3.63, 3.8) is 0 Å². The first-order chi connectivity index (χ1) is 10.0. The second-order valence-corrected chi connectivity index (χ2v) is 4.93. The fourth-order valence-corrected chi connectivity index (χ4v) is 2.23. The molecular weight excluding hydrogens is 272 g/mol. The van der Waals surface area contributed by atoms with E-state index in [2.05, 4.69) is 10.4 Å². The number of nitrogen functional groups attached to an aromatic ring is 1. The molecule has 0 bridgehead atoms. The highest BCUT2D eigenvalue weighted by Crippen LogP contribution is 2.38. The number of amides is 1. The summed E-state index contributed by atoms with van der Waals surface area (Å²) in [5.74, 6) is 0.960. The van der Waals surface area contributed by atoms with Gasteiger partial charge in [0.15, 0.2) is 11.5 Å². The van der Waals surface area contributed by atoms with Crippen LogP contribution in [0.5, 0.6) is 11.5 Å². The fraction of sp³-hybridized carbons (Fsp3) is 0.286. The van der Waals surface area contributed by atoms with Crippen LogP contribution in [-0.2, 0) is 11.3 Å². The molecule has 1 aromatic carbocycles. The molecule has 0 saturated carbocycles. The number of fused-ring (bicyclic) bond motifs is 1. The van der Waals surface area contributed by atoms with Crippen LogP contribution in [0, 0.1) is 13.8 Å². The Morgan fingerprint density at radius 1 is 1.33 bits per heavy atom. The summed E-state index contributed by atoms with van der Waals surface area (Å²) >= 11 is 0. The van der Waals surface area contributed by atoms with Gasteiger partial charge in [-0.25, -0.2) is 0 Å². The minimum atomic E-state index is -0.202. The lowest BCUT2D eigenvalue weighted by atomic mass is 10.2. The first kappa shape index (κ1) is 13.3. The van der Waals surface area contributed by atoms with Crippen LogP contribution in [0.25, 0.3) is 0 Å². The Morgan fingerprint density at radius 3 is 2.71 bits per heavy atom. The molecule has 1 aromatic heterocycles. The molecule has 7 heteroatoms. The van der Waals surface area contributed by atoms with Gasteiger partial charge >= 0.3 is 0 Å². The normalized spacial score (nSPS) is 12.5.